The van der Waals surface area contributed by atoms with Gasteiger partial charge in [0.1, 0.15) is 5.60 Å². The first-order chi connectivity index (χ1) is 9.94. The number of aromatic nitrogens is 1. The molecular formula is C16H25N3O2. The van der Waals surface area contributed by atoms with Crippen molar-refractivity contribution in [3.8, 4) is 0 Å². The normalized spacial score (nSPS) is 18.8. The summed E-state index contributed by atoms with van der Waals surface area (Å²) in [6.07, 6.45) is 4.44. The third-order valence-electron chi connectivity index (χ3n) is 3.45. The number of nitrogens with zero attached hydrogens (tertiary/aromatic N) is 2. The van der Waals surface area contributed by atoms with Gasteiger partial charge >= 0.3 is 6.09 Å². The Kier molecular flexibility index (Phi) is 5.17. The molecule has 2 heterocycles. The number of nitrogens with one attached hydrogen (secondary N) is 1. The minimum absolute atomic E-state index is 0.195. The van der Waals surface area contributed by atoms with Crippen LogP contribution < -0.4 is 5.32 Å². The molecule has 1 atom stereocenters. The van der Waals surface area contributed by atoms with Gasteiger partial charge in [0.15, 0.2) is 0 Å². The Labute approximate surface area is 126 Å². The van der Waals surface area contributed by atoms with Gasteiger partial charge in [-0.05, 0) is 50.8 Å². The summed E-state index contributed by atoms with van der Waals surface area (Å²) < 4.78 is 5.40. The van der Waals surface area contributed by atoms with E-state index in [0.717, 1.165) is 32.6 Å². The first kappa shape index (κ1) is 15.8. The highest BCUT2D eigenvalue weighted by molar-refractivity contribution is 5.68. The van der Waals surface area contributed by atoms with Gasteiger partial charge in [-0.3, -0.25) is 4.98 Å². The molecule has 1 unspecified atom stereocenters. The van der Waals surface area contributed by atoms with Crippen LogP contribution in [0.25, 0.3) is 0 Å². The van der Waals surface area contributed by atoms with Gasteiger partial charge < -0.3 is 15.0 Å². The van der Waals surface area contributed by atoms with Gasteiger partial charge in [-0.1, -0.05) is 0 Å². The third kappa shape index (κ3) is 5.34. The number of likely N-dealkylation sites (tertiary alicyclic amines) is 1. The van der Waals surface area contributed by atoms with Gasteiger partial charge in [0, 0.05) is 38.6 Å². The lowest BCUT2D eigenvalue weighted by Gasteiger charge is -2.24. The predicted octanol–water partition coefficient (Wildman–Crippen LogP) is 2.43. The highest BCUT2D eigenvalue weighted by Gasteiger charge is 2.29. The molecule has 0 spiro atoms. The van der Waals surface area contributed by atoms with E-state index in [-0.39, 0.29) is 6.09 Å². The average molecular weight is 291 g/mol. The zero-order valence-corrected chi connectivity index (χ0v) is 13.1. The molecule has 5 heteroatoms. The van der Waals surface area contributed by atoms with E-state index < -0.39 is 5.60 Å². The van der Waals surface area contributed by atoms with Crippen LogP contribution in [-0.2, 0) is 11.3 Å². The summed E-state index contributed by atoms with van der Waals surface area (Å²) in [4.78, 5) is 17.8. The largest absolute Gasteiger partial charge is 0.444 e. The minimum atomic E-state index is -0.422. The Hall–Kier alpha value is -1.62. The smallest absolute Gasteiger partial charge is 0.410 e. The molecule has 1 amide bonds. The lowest BCUT2D eigenvalue weighted by molar-refractivity contribution is 0.0288. The Morgan fingerprint density at radius 3 is 2.81 bits per heavy atom. The third-order valence-corrected chi connectivity index (χ3v) is 3.45. The van der Waals surface area contributed by atoms with Crippen LogP contribution in [-0.4, -0.2) is 41.2 Å². The molecule has 1 saturated heterocycles. The number of hydrogen-bond donors (Lipinski definition) is 1. The summed E-state index contributed by atoms with van der Waals surface area (Å²) >= 11 is 0. The van der Waals surface area contributed by atoms with Crippen molar-refractivity contribution in [1.82, 2.24) is 15.2 Å². The van der Waals surface area contributed by atoms with Crippen molar-refractivity contribution in [2.45, 2.75) is 39.3 Å². The maximum Gasteiger partial charge on any atom is 0.410 e. The van der Waals surface area contributed by atoms with Crippen LogP contribution in [0.2, 0.25) is 0 Å². The fraction of sp³-hybridized carbons (Fsp3) is 0.625. The standard InChI is InChI=1S/C16H25N3O2/c1-16(2,3)21-15(20)19-9-6-14(12-19)11-18-10-13-4-7-17-8-5-13/h4-5,7-8,14,18H,6,9-12H2,1-3H3. The van der Waals surface area contributed by atoms with E-state index in [1.807, 2.05) is 37.8 Å². The van der Waals surface area contributed by atoms with Crippen molar-refractivity contribution in [2.24, 2.45) is 5.92 Å². The van der Waals surface area contributed by atoms with Crippen molar-refractivity contribution in [3.05, 3.63) is 30.1 Å². The number of carbonyl (C=O) groups is 1. The predicted molar refractivity (Wildman–Crippen MR) is 81.9 cm³/mol. The van der Waals surface area contributed by atoms with Crippen molar-refractivity contribution in [2.75, 3.05) is 19.6 Å². The van der Waals surface area contributed by atoms with E-state index >= 15 is 0 Å². The molecule has 21 heavy (non-hydrogen) atoms. The van der Waals surface area contributed by atoms with Crippen LogP contribution in [0.1, 0.15) is 32.8 Å². The van der Waals surface area contributed by atoms with Gasteiger partial charge in [-0.15, -0.1) is 0 Å². The average Bonchev–Trinajstić information content (AvgIpc) is 2.87. The van der Waals surface area contributed by atoms with E-state index in [9.17, 15) is 4.79 Å². The zero-order chi connectivity index (χ0) is 15.3. The first-order valence-electron chi connectivity index (χ1n) is 7.51. The van der Waals surface area contributed by atoms with Crippen LogP contribution in [0.5, 0.6) is 0 Å². The molecule has 0 aliphatic carbocycles. The Morgan fingerprint density at radius 1 is 1.43 bits per heavy atom. The maximum atomic E-state index is 12.0. The van der Waals surface area contributed by atoms with Crippen LogP contribution in [0.3, 0.4) is 0 Å². The molecule has 0 bridgehead atoms. The highest BCUT2D eigenvalue weighted by atomic mass is 16.6. The molecule has 0 saturated carbocycles. The van der Waals surface area contributed by atoms with Crippen molar-refractivity contribution < 1.29 is 9.53 Å². The number of rotatable bonds is 4. The van der Waals surface area contributed by atoms with Crippen molar-refractivity contribution >= 4 is 6.09 Å². The fourth-order valence-corrected chi connectivity index (χ4v) is 2.41. The van der Waals surface area contributed by atoms with Crippen molar-refractivity contribution in [3.63, 3.8) is 0 Å². The topological polar surface area (TPSA) is 54.5 Å². The van der Waals surface area contributed by atoms with Crippen LogP contribution in [0.15, 0.2) is 24.5 Å². The second kappa shape index (κ2) is 6.89. The van der Waals surface area contributed by atoms with E-state index in [1.54, 1.807) is 12.4 Å². The number of carbonyl (C=O) groups excluding carboxylic acids is 1. The van der Waals surface area contributed by atoms with Crippen LogP contribution in [0, 0.1) is 5.92 Å². The molecule has 116 valence electrons. The lowest BCUT2D eigenvalue weighted by atomic mass is 10.1. The Bertz CT molecular complexity index is 456. The molecule has 2 rings (SSSR count). The van der Waals surface area contributed by atoms with Gasteiger partial charge in [0.05, 0.1) is 0 Å². The van der Waals surface area contributed by atoms with E-state index in [1.165, 1.54) is 5.56 Å². The Balaban J connectivity index is 1.69. The summed E-state index contributed by atoms with van der Waals surface area (Å²) in [5.41, 5.74) is 0.807. The summed E-state index contributed by atoms with van der Waals surface area (Å²) in [5, 5.41) is 3.44. The van der Waals surface area contributed by atoms with Gasteiger partial charge in [-0.25, -0.2) is 4.79 Å². The molecule has 1 N–H and O–H groups in total. The van der Waals surface area contributed by atoms with Gasteiger partial charge in [-0.2, -0.15) is 0 Å². The van der Waals surface area contributed by atoms with Gasteiger partial charge in [0.2, 0.25) is 0 Å². The number of hydrogen-bond acceptors (Lipinski definition) is 4. The highest BCUT2D eigenvalue weighted by Crippen LogP contribution is 2.19. The quantitative estimate of drug-likeness (QED) is 0.925. The summed E-state index contributed by atoms with van der Waals surface area (Å²) in [5.74, 6) is 0.499. The number of amides is 1. The first-order valence-corrected chi connectivity index (χ1v) is 7.51. The molecule has 1 fully saturated rings. The molecule has 0 radical (unpaired) electrons. The maximum absolute atomic E-state index is 12.0. The Morgan fingerprint density at radius 2 is 2.14 bits per heavy atom. The summed E-state index contributed by atoms with van der Waals surface area (Å²) in [6.45, 7) is 9.01. The minimum Gasteiger partial charge on any atom is -0.444 e. The lowest BCUT2D eigenvalue weighted by Crippen LogP contribution is -2.36. The monoisotopic (exact) mass is 291 g/mol. The SMILES string of the molecule is CC(C)(C)OC(=O)N1CCC(CNCc2ccncc2)C1. The molecule has 1 aliphatic rings. The van der Waals surface area contributed by atoms with E-state index in [4.69, 9.17) is 4.74 Å². The van der Waals surface area contributed by atoms with E-state index in [2.05, 4.69) is 10.3 Å². The molecule has 1 aromatic heterocycles. The van der Waals surface area contributed by atoms with Crippen LogP contribution in [0.4, 0.5) is 4.79 Å². The van der Waals surface area contributed by atoms with Gasteiger partial charge in [0.25, 0.3) is 0 Å². The zero-order valence-electron chi connectivity index (χ0n) is 13.1. The molecule has 5 nitrogen and oxygen atoms in total. The molecular weight excluding hydrogens is 266 g/mol. The molecule has 1 aliphatic heterocycles. The number of pyridine rings is 1. The number of ether oxygens (including phenoxy) is 1. The fourth-order valence-electron chi connectivity index (χ4n) is 2.41. The van der Waals surface area contributed by atoms with E-state index in [0.29, 0.717) is 5.92 Å². The van der Waals surface area contributed by atoms with Crippen LogP contribution >= 0.6 is 0 Å². The summed E-state index contributed by atoms with van der Waals surface area (Å²) in [7, 11) is 0. The molecule has 0 aromatic carbocycles. The summed E-state index contributed by atoms with van der Waals surface area (Å²) in [6, 6.07) is 4.02. The molecule has 1 aromatic rings. The second-order valence-corrected chi connectivity index (χ2v) is 6.57. The second-order valence-electron chi connectivity index (χ2n) is 6.57. The van der Waals surface area contributed by atoms with Crippen molar-refractivity contribution in [1.29, 1.82) is 0 Å².